The second-order valence-corrected chi connectivity index (χ2v) is 5.67. The van der Waals surface area contributed by atoms with Crippen molar-refractivity contribution in [3.05, 3.63) is 77.4 Å². The largest absolute Gasteiger partial charge is 0.497 e. The molecule has 3 aromatic carbocycles. The van der Waals surface area contributed by atoms with Gasteiger partial charge in [0, 0.05) is 22.1 Å². The summed E-state index contributed by atoms with van der Waals surface area (Å²) in [5.41, 5.74) is 4.53. The number of hydrogen-bond donors (Lipinski definition) is 1. The van der Waals surface area contributed by atoms with E-state index >= 15 is 0 Å². The van der Waals surface area contributed by atoms with Gasteiger partial charge in [0.15, 0.2) is 0 Å². The summed E-state index contributed by atoms with van der Waals surface area (Å²) in [6.45, 7) is 0. The quantitative estimate of drug-likeness (QED) is 0.750. The number of carbonyl (C=O) groups is 2. The first kappa shape index (κ1) is 15.1. The summed E-state index contributed by atoms with van der Waals surface area (Å²) in [5, 5.41) is 5.96. The molecule has 0 unspecified atom stereocenters. The number of Topliss-reactive ketones (excluding diaryl/α,β-unsaturated/α-hetero) is 1. The monoisotopic (exact) mass is 330 g/mol. The predicted molar refractivity (Wildman–Crippen MR) is 95.3 cm³/mol. The van der Waals surface area contributed by atoms with Crippen LogP contribution in [0.3, 0.4) is 0 Å². The van der Waals surface area contributed by atoms with Gasteiger partial charge in [0.2, 0.25) is 5.78 Å². The van der Waals surface area contributed by atoms with E-state index in [4.69, 9.17) is 4.74 Å². The Hall–Kier alpha value is -3.47. The Morgan fingerprint density at radius 1 is 0.960 bits per heavy atom. The summed E-state index contributed by atoms with van der Waals surface area (Å²) >= 11 is 0. The summed E-state index contributed by atoms with van der Waals surface area (Å²) in [6, 6.07) is 17.9. The maximum Gasteiger partial charge on any atom is 0.271 e. The van der Waals surface area contributed by atoms with E-state index in [-0.39, 0.29) is 17.4 Å². The van der Waals surface area contributed by atoms with E-state index < -0.39 is 0 Å². The number of rotatable bonds is 3. The van der Waals surface area contributed by atoms with Crippen molar-refractivity contribution in [2.75, 3.05) is 7.11 Å². The minimum absolute atomic E-state index is 0.179. The standard InChI is InChI=1S/C20H14N2O3/c1-25-14-10-8-13(9-11-14)20(24)22-21-18-15-6-2-4-12-5-3-7-16(17(12)15)19(18)23/h2-11H,1H3,(H,22,24)/b21-18-. The molecule has 0 radical (unpaired) electrons. The number of nitrogens with zero attached hydrogens (tertiary/aromatic N) is 1. The van der Waals surface area contributed by atoms with Crippen LogP contribution in [0.5, 0.6) is 5.75 Å². The molecular weight excluding hydrogens is 316 g/mol. The second-order valence-electron chi connectivity index (χ2n) is 5.67. The number of carbonyl (C=O) groups excluding carboxylic acids is 2. The Morgan fingerprint density at radius 3 is 2.32 bits per heavy atom. The predicted octanol–water partition coefficient (Wildman–Crippen LogP) is 3.18. The Morgan fingerprint density at radius 2 is 1.64 bits per heavy atom. The molecule has 0 atom stereocenters. The lowest BCUT2D eigenvalue weighted by Gasteiger charge is -2.03. The fourth-order valence-electron chi connectivity index (χ4n) is 3.00. The van der Waals surface area contributed by atoms with Crippen LogP contribution < -0.4 is 10.2 Å². The van der Waals surface area contributed by atoms with Crippen LogP contribution in [0, 0.1) is 0 Å². The fourth-order valence-corrected chi connectivity index (χ4v) is 3.00. The number of ketones is 1. The Labute approximate surface area is 143 Å². The van der Waals surface area contributed by atoms with Gasteiger partial charge in [0.05, 0.1) is 7.11 Å². The van der Waals surface area contributed by atoms with Gasteiger partial charge < -0.3 is 4.74 Å². The molecule has 0 spiro atoms. The zero-order valence-electron chi connectivity index (χ0n) is 13.4. The first-order valence-electron chi connectivity index (χ1n) is 7.78. The first-order chi connectivity index (χ1) is 12.2. The molecule has 122 valence electrons. The lowest BCUT2D eigenvalue weighted by Crippen LogP contribution is -2.22. The van der Waals surface area contributed by atoms with Gasteiger partial charge in [-0.3, -0.25) is 9.59 Å². The number of nitrogens with one attached hydrogen (secondary N) is 1. The molecule has 5 heteroatoms. The van der Waals surface area contributed by atoms with Gasteiger partial charge in [-0.15, -0.1) is 0 Å². The SMILES string of the molecule is COc1ccc(C(=O)N/N=C2\C(=O)c3cccc4cccc2c34)cc1. The van der Waals surface area contributed by atoms with Crippen LogP contribution in [0.2, 0.25) is 0 Å². The van der Waals surface area contributed by atoms with Gasteiger partial charge in [-0.2, -0.15) is 5.10 Å². The van der Waals surface area contributed by atoms with Gasteiger partial charge >= 0.3 is 0 Å². The molecule has 0 heterocycles. The van der Waals surface area contributed by atoms with Crippen molar-refractivity contribution in [3.8, 4) is 5.75 Å². The van der Waals surface area contributed by atoms with E-state index in [0.717, 1.165) is 16.3 Å². The van der Waals surface area contributed by atoms with E-state index in [2.05, 4.69) is 10.5 Å². The average molecular weight is 330 g/mol. The molecule has 0 saturated heterocycles. The average Bonchev–Trinajstić information content (AvgIpc) is 2.94. The topological polar surface area (TPSA) is 67.8 Å². The molecular formula is C20H14N2O3. The Kier molecular flexibility index (Phi) is 3.54. The third kappa shape index (κ3) is 2.46. The van der Waals surface area contributed by atoms with Crippen LogP contribution in [-0.4, -0.2) is 24.5 Å². The molecule has 0 aliphatic heterocycles. The van der Waals surface area contributed by atoms with E-state index in [9.17, 15) is 9.59 Å². The molecule has 1 aliphatic rings. The van der Waals surface area contributed by atoms with Crippen molar-refractivity contribution in [2.24, 2.45) is 5.10 Å². The van der Waals surface area contributed by atoms with E-state index in [1.54, 1.807) is 37.4 Å². The van der Waals surface area contributed by atoms with Gasteiger partial charge in [-0.05, 0) is 29.7 Å². The molecule has 1 amide bonds. The van der Waals surface area contributed by atoms with E-state index in [0.29, 0.717) is 16.9 Å². The summed E-state index contributed by atoms with van der Waals surface area (Å²) < 4.78 is 5.07. The number of amides is 1. The summed E-state index contributed by atoms with van der Waals surface area (Å²) in [4.78, 5) is 24.9. The van der Waals surface area contributed by atoms with Crippen LogP contribution in [-0.2, 0) is 0 Å². The molecule has 0 saturated carbocycles. The van der Waals surface area contributed by atoms with Crippen LogP contribution in [0.15, 0.2) is 65.8 Å². The molecule has 0 aromatic heterocycles. The number of benzene rings is 3. The first-order valence-corrected chi connectivity index (χ1v) is 7.78. The van der Waals surface area contributed by atoms with Crippen molar-refractivity contribution >= 4 is 28.2 Å². The molecule has 4 rings (SSSR count). The third-order valence-electron chi connectivity index (χ3n) is 4.24. The highest BCUT2D eigenvalue weighted by atomic mass is 16.5. The van der Waals surface area contributed by atoms with Crippen molar-refractivity contribution in [1.29, 1.82) is 0 Å². The lowest BCUT2D eigenvalue weighted by atomic mass is 10.1. The Bertz CT molecular complexity index is 1030. The Balaban J connectivity index is 1.65. The number of ether oxygens (including phenoxy) is 1. The molecule has 3 aromatic rings. The van der Waals surface area contributed by atoms with Crippen LogP contribution in [0.25, 0.3) is 10.8 Å². The number of hydrogen-bond acceptors (Lipinski definition) is 4. The van der Waals surface area contributed by atoms with Crippen molar-refractivity contribution < 1.29 is 14.3 Å². The number of hydrazone groups is 1. The minimum Gasteiger partial charge on any atom is -0.497 e. The molecule has 1 aliphatic carbocycles. The smallest absolute Gasteiger partial charge is 0.271 e. The van der Waals surface area contributed by atoms with E-state index in [1.165, 1.54) is 0 Å². The molecule has 0 bridgehead atoms. The number of methoxy groups -OCH3 is 1. The van der Waals surface area contributed by atoms with Crippen molar-refractivity contribution in [3.63, 3.8) is 0 Å². The zero-order valence-corrected chi connectivity index (χ0v) is 13.4. The highest BCUT2D eigenvalue weighted by molar-refractivity contribution is 6.59. The van der Waals surface area contributed by atoms with Gasteiger partial charge in [0.1, 0.15) is 11.5 Å². The third-order valence-corrected chi connectivity index (χ3v) is 4.24. The van der Waals surface area contributed by atoms with Crippen LogP contribution in [0.1, 0.15) is 26.3 Å². The minimum atomic E-state index is -0.383. The van der Waals surface area contributed by atoms with Crippen molar-refractivity contribution in [2.45, 2.75) is 0 Å². The lowest BCUT2D eigenvalue weighted by molar-refractivity contribution is 0.0955. The summed E-state index contributed by atoms with van der Waals surface area (Å²) in [5.74, 6) is 0.101. The fraction of sp³-hybridized carbons (Fsp3) is 0.0500. The molecule has 0 fully saturated rings. The molecule has 5 nitrogen and oxygen atoms in total. The summed E-state index contributed by atoms with van der Waals surface area (Å²) in [6.07, 6.45) is 0. The van der Waals surface area contributed by atoms with Gasteiger partial charge in [-0.25, -0.2) is 5.43 Å². The highest BCUT2D eigenvalue weighted by Crippen LogP contribution is 2.30. The summed E-state index contributed by atoms with van der Waals surface area (Å²) in [7, 11) is 1.56. The van der Waals surface area contributed by atoms with Gasteiger partial charge in [0.25, 0.3) is 5.91 Å². The maximum absolute atomic E-state index is 12.6. The maximum atomic E-state index is 12.6. The second kappa shape index (κ2) is 5.87. The zero-order chi connectivity index (χ0) is 17.4. The highest BCUT2D eigenvalue weighted by Gasteiger charge is 2.28. The molecule has 1 N–H and O–H groups in total. The molecule has 25 heavy (non-hydrogen) atoms. The van der Waals surface area contributed by atoms with E-state index in [1.807, 2.05) is 30.3 Å². The van der Waals surface area contributed by atoms with Gasteiger partial charge in [-0.1, -0.05) is 36.4 Å². The van der Waals surface area contributed by atoms with Crippen molar-refractivity contribution in [1.82, 2.24) is 5.43 Å². The van der Waals surface area contributed by atoms with Crippen LogP contribution >= 0.6 is 0 Å². The normalized spacial score (nSPS) is 14.1. The van der Waals surface area contributed by atoms with Crippen LogP contribution in [0.4, 0.5) is 0 Å².